The smallest absolute Gasteiger partial charge is 0.166 e. The van der Waals surface area contributed by atoms with Crippen LogP contribution in [0.5, 0.6) is 11.5 Å². The Hall–Kier alpha value is -3.74. The summed E-state index contributed by atoms with van der Waals surface area (Å²) in [4.78, 5) is 9.24. The fourth-order valence-corrected chi connectivity index (χ4v) is 2.76. The van der Waals surface area contributed by atoms with Gasteiger partial charge in [0.2, 0.25) is 0 Å². The van der Waals surface area contributed by atoms with Gasteiger partial charge < -0.3 is 15.2 Å². The first kappa shape index (κ1) is 16.7. The molecular formula is C20H17N5O2. The molecular weight excluding hydrogens is 342 g/mol. The lowest BCUT2D eigenvalue weighted by atomic mass is 10.1. The number of nitrogens with zero attached hydrogens (tertiary/aromatic N) is 4. The molecule has 0 saturated carbocycles. The van der Waals surface area contributed by atoms with Crippen LogP contribution in [-0.2, 0) is 6.54 Å². The normalized spacial score (nSPS) is 10.7. The van der Waals surface area contributed by atoms with Gasteiger partial charge in [-0.1, -0.05) is 12.1 Å². The molecule has 0 saturated heterocycles. The molecule has 134 valence electrons. The molecule has 0 aliphatic carbocycles. The van der Waals surface area contributed by atoms with E-state index in [0.717, 1.165) is 16.6 Å². The third kappa shape index (κ3) is 3.48. The highest BCUT2D eigenvalue weighted by molar-refractivity contribution is 5.91. The van der Waals surface area contributed by atoms with E-state index in [1.807, 2.05) is 36.4 Å². The van der Waals surface area contributed by atoms with E-state index >= 15 is 0 Å². The van der Waals surface area contributed by atoms with Crippen LogP contribution in [0.1, 0.15) is 5.69 Å². The maximum Gasteiger partial charge on any atom is 0.166 e. The van der Waals surface area contributed by atoms with Crippen molar-refractivity contribution < 1.29 is 9.84 Å². The number of hydrogen-bond acceptors (Lipinski definition) is 7. The molecule has 0 amide bonds. The first-order valence-corrected chi connectivity index (χ1v) is 8.39. The van der Waals surface area contributed by atoms with Gasteiger partial charge in [-0.3, -0.25) is 0 Å². The van der Waals surface area contributed by atoms with Crippen LogP contribution in [0.25, 0.3) is 22.3 Å². The molecule has 0 aliphatic heterocycles. The van der Waals surface area contributed by atoms with Gasteiger partial charge in [0, 0.05) is 11.6 Å². The van der Waals surface area contributed by atoms with Gasteiger partial charge in [-0.15, -0.1) is 0 Å². The van der Waals surface area contributed by atoms with Crippen molar-refractivity contribution in [3.05, 3.63) is 66.5 Å². The lowest BCUT2D eigenvalue weighted by Crippen LogP contribution is -2.06. The van der Waals surface area contributed by atoms with Gasteiger partial charge in [-0.2, -0.15) is 10.2 Å². The topological polar surface area (TPSA) is 93.1 Å². The van der Waals surface area contributed by atoms with Crippen molar-refractivity contribution in [2.45, 2.75) is 6.54 Å². The Bertz CT molecular complexity index is 1090. The Kier molecular flexibility index (Phi) is 4.49. The quantitative estimate of drug-likeness (QED) is 0.564. The second-order valence-corrected chi connectivity index (χ2v) is 5.86. The summed E-state index contributed by atoms with van der Waals surface area (Å²) < 4.78 is 5.26. The van der Waals surface area contributed by atoms with E-state index in [-0.39, 0.29) is 5.75 Å². The summed E-state index contributed by atoms with van der Waals surface area (Å²) in [5, 5.41) is 22.4. The van der Waals surface area contributed by atoms with E-state index in [1.54, 1.807) is 31.5 Å². The predicted octanol–water partition coefficient (Wildman–Crippen LogP) is 3.41. The molecule has 27 heavy (non-hydrogen) atoms. The molecule has 0 fully saturated rings. The number of hydrogen-bond donors (Lipinski definition) is 2. The van der Waals surface area contributed by atoms with Crippen LogP contribution in [0.15, 0.2) is 60.8 Å². The van der Waals surface area contributed by atoms with Crippen molar-refractivity contribution in [1.82, 2.24) is 20.2 Å². The third-order valence-electron chi connectivity index (χ3n) is 4.11. The molecule has 2 N–H and O–H groups in total. The van der Waals surface area contributed by atoms with E-state index in [1.165, 1.54) is 0 Å². The van der Waals surface area contributed by atoms with Crippen LogP contribution < -0.4 is 10.1 Å². The molecule has 2 aromatic carbocycles. The Morgan fingerprint density at radius 2 is 1.93 bits per heavy atom. The average molecular weight is 359 g/mol. The van der Waals surface area contributed by atoms with Gasteiger partial charge >= 0.3 is 0 Å². The molecule has 4 rings (SSSR count). The minimum absolute atomic E-state index is 0.0888. The number of rotatable bonds is 5. The standard InChI is InChI=1S/C20H17N5O2/c1-27-14-8-9-18(26)16(11-14)20-23-17-7-3-2-6-15(17)19(24-20)21-12-13-5-4-10-22-25-13/h2-11,26H,12H2,1H3,(H,21,23,24). The van der Waals surface area contributed by atoms with Gasteiger partial charge in [0.15, 0.2) is 5.82 Å². The first-order chi connectivity index (χ1) is 13.2. The number of ether oxygens (including phenoxy) is 1. The van der Waals surface area contributed by atoms with Crippen molar-refractivity contribution in [2.75, 3.05) is 12.4 Å². The lowest BCUT2D eigenvalue weighted by molar-refractivity contribution is 0.412. The molecule has 0 bridgehead atoms. The number of aromatic hydroxyl groups is 1. The monoisotopic (exact) mass is 359 g/mol. The van der Waals surface area contributed by atoms with Crippen molar-refractivity contribution in [3.8, 4) is 22.9 Å². The average Bonchev–Trinajstić information content (AvgIpc) is 2.73. The summed E-state index contributed by atoms with van der Waals surface area (Å²) in [5.41, 5.74) is 2.07. The summed E-state index contributed by atoms with van der Waals surface area (Å²) in [7, 11) is 1.57. The zero-order valence-electron chi connectivity index (χ0n) is 14.6. The molecule has 7 nitrogen and oxygen atoms in total. The highest BCUT2D eigenvalue weighted by atomic mass is 16.5. The maximum atomic E-state index is 10.3. The SMILES string of the molecule is COc1ccc(O)c(-c2nc(NCc3cccnn3)c3ccccc3n2)c1. The lowest BCUT2D eigenvalue weighted by Gasteiger charge is -2.12. The number of para-hydroxylation sites is 1. The Morgan fingerprint density at radius 1 is 1.04 bits per heavy atom. The number of aromatic nitrogens is 4. The second kappa shape index (κ2) is 7.25. The second-order valence-electron chi connectivity index (χ2n) is 5.86. The van der Waals surface area contributed by atoms with E-state index in [0.29, 0.717) is 29.5 Å². The summed E-state index contributed by atoms with van der Waals surface area (Å²) in [6.07, 6.45) is 1.63. The molecule has 0 spiro atoms. The Labute approximate surface area is 155 Å². The van der Waals surface area contributed by atoms with E-state index in [4.69, 9.17) is 4.74 Å². The van der Waals surface area contributed by atoms with E-state index < -0.39 is 0 Å². The Morgan fingerprint density at radius 3 is 2.74 bits per heavy atom. The molecule has 0 aliphatic rings. The maximum absolute atomic E-state index is 10.3. The van der Waals surface area contributed by atoms with Crippen molar-refractivity contribution >= 4 is 16.7 Å². The highest BCUT2D eigenvalue weighted by Crippen LogP contribution is 2.33. The van der Waals surface area contributed by atoms with Crippen LogP contribution in [0.2, 0.25) is 0 Å². The third-order valence-corrected chi connectivity index (χ3v) is 4.11. The zero-order chi connectivity index (χ0) is 18.6. The predicted molar refractivity (Wildman–Crippen MR) is 103 cm³/mol. The molecule has 2 heterocycles. The van der Waals surface area contributed by atoms with Gasteiger partial charge in [-0.25, -0.2) is 9.97 Å². The number of nitrogens with one attached hydrogen (secondary N) is 1. The molecule has 0 radical (unpaired) electrons. The van der Waals surface area contributed by atoms with Crippen molar-refractivity contribution in [1.29, 1.82) is 0 Å². The number of fused-ring (bicyclic) bond motifs is 1. The number of methoxy groups -OCH3 is 1. The van der Waals surface area contributed by atoms with Crippen LogP contribution in [0.3, 0.4) is 0 Å². The minimum atomic E-state index is 0.0888. The number of phenols is 1. The largest absolute Gasteiger partial charge is 0.507 e. The number of phenolic OH excluding ortho intramolecular Hbond substituents is 1. The van der Waals surface area contributed by atoms with E-state index in [9.17, 15) is 5.11 Å². The Balaban J connectivity index is 1.79. The van der Waals surface area contributed by atoms with Crippen LogP contribution >= 0.6 is 0 Å². The van der Waals surface area contributed by atoms with Gasteiger partial charge in [0.05, 0.1) is 30.4 Å². The summed E-state index contributed by atoms with van der Waals surface area (Å²) >= 11 is 0. The molecule has 0 unspecified atom stereocenters. The van der Waals surface area contributed by atoms with Crippen LogP contribution in [0, 0.1) is 0 Å². The zero-order valence-corrected chi connectivity index (χ0v) is 14.6. The van der Waals surface area contributed by atoms with Crippen LogP contribution in [-0.4, -0.2) is 32.4 Å². The van der Waals surface area contributed by atoms with E-state index in [2.05, 4.69) is 25.5 Å². The van der Waals surface area contributed by atoms with Gasteiger partial charge in [-0.05, 0) is 42.5 Å². The highest BCUT2D eigenvalue weighted by Gasteiger charge is 2.13. The first-order valence-electron chi connectivity index (χ1n) is 8.39. The molecule has 4 aromatic rings. The van der Waals surface area contributed by atoms with Crippen molar-refractivity contribution in [3.63, 3.8) is 0 Å². The minimum Gasteiger partial charge on any atom is -0.507 e. The fraction of sp³-hybridized carbons (Fsp3) is 0.100. The van der Waals surface area contributed by atoms with Gasteiger partial charge in [0.1, 0.15) is 17.3 Å². The fourth-order valence-electron chi connectivity index (χ4n) is 2.76. The molecule has 0 atom stereocenters. The molecule has 2 aromatic heterocycles. The van der Waals surface area contributed by atoms with Crippen LogP contribution in [0.4, 0.5) is 5.82 Å². The van der Waals surface area contributed by atoms with Gasteiger partial charge in [0.25, 0.3) is 0 Å². The number of anilines is 1. The summed E-state index contributed by atoms with van der Waals surface area (Å²) in [5.74, 6) is 1.77. The molecule has 7 heteroatoms. The summed E-state index contributed by atoms with van der Waals surface area (Å²) in [6, 6.07) is 16.4. The number of benzene rings is 2. The van der Waals surface area contributed by atoms with Crippen molar-refractivity contribution in [2.24, 2.45) is 0 Å². The summed E-state index contributed by atoms with van der Waals surface area (Å²) in [6.45, 7) is 0.471.